The molecular weight excluding hydrogens is 261 g/mol. The predicted molar refractivity (Wildman–Crippen MR) is 68.7 cm³/mol. The highest BCUT2D eigenvalue weighted by Crippen LogP contribution is 2.02. The summed E-state index contributed by atoms with van der Waals surface area (Å²) in [7, 11) is 0. The molecule has 0 saturated carbocycles. The molecule has 0 aliphatic heterocycles. The molecule has 1 rings (SSSR count). The van der Waals surface area contributed by atoms with E-state index in [2.05, 4.69) is 9.88 Å². The van der Waals surface area contributed by atoms with E-state index in [4.69, 9.17) is 11.6 Å². The zero-order chi connectivity index (χ0) is 13.7. The normalized spacial score (nSPS) is 11.2. The third-order valence-corrected chi connectivity index (χ3v) is 3.10. The molecule has 0 aliphatic carbocycles. The Balaban J connectivity index is 2.78. The molecule has 0 spiro atoms. The Labute approximate surface area is 109 Å². The van der Waals surface area contributed by atoms with Crippen molar-refractivity contribution in [2.24, 2.45) is 0 Å². The molecule has 1 aromatic heterocycles. The maximum Gasteiger partial charge on any atom is 0.329 e. The van der Waals surface area contributed by atoms with Gasteiger partial charge in [-0.1, -0.05) is 25.4 Å². The Kier molecular flexibility index (Phi) is 5.55. The second-order valence-corrected chi connectivity index (χ2v) is 4.27. The molecule has 0 saturated heterocycles. The van der Waals surface area contributed by atoms with Gasteiger partial charge in [0.25, 0.3) is 5.56 Å². The van der Waals surface area contributed by atoms with Crippen molar-refractivity contribution in [2.45, 2.75) is 26.8 Å². The molecule has 0 amide bonds. The molecule has 0 radical (unpaired) electrons. The highest BCUT2D eigenvalue weighted by molar-refractivity contribution is 6.29. The van der Waals surface area contributed by atoms with Gasteiger partial charge < -0.3 is 4.90 Å². The van der Waals surface area contributed by atoms with Crippen LogP contribution in [0.25, 0.3) is 0 Å². The average molecular weight is 278 g/mol. The van der Waals surface area contributed by atoms with E-state index in [-0.39, 0.29) is 6.54 Å². The lowest BCUT2D eigenvalue weighted by Crippen LogP contribution is -2.38. The number of H-pyrrole nitrogens is 1. The first kappa shape index (κ1) is 14.9. The summed E-state index contributed by atoms with van der Waals surface area (Å²) in [6, 6.07) is 0. The summed E-state index contributed by atoms with van der Waals surface area (Å²) in [5, 5.41) is -0.537. The molecule has 0 aromatic carbocycles. The largest absolute Gasteiger partial charge is 0.329 e. The lowest BCUT2D eigenvalue weighted by molar-refractivity contribution is 0.291. The summed E-state index contributed by atoms with van der Waals surface area (Å²) in [5.74, 6) is -1.11. The van der Waals surface area contributed by atoms with Crippen LogP contribution in [-0.2, 0) is 6.54 Å². The number of aromatic amines is 1. The standard InChI is InChI=1S/C11H17ClFN3O2/c1-3-15(4-2)6-5-7-16-10(17)8(13)9(12)14-11(16)18/h3-7H2,1-2H3,(H,14,18). The van der Waals surface area contributed by atoms with Gasteiger partial charge in [-0.25, -0.2) is 4.79 Å². The van der Waals surface area contributed by atoms with Gasteiger partial charge in [0.05, 0.1) is 0 Å². The first-order valence-electron chi connectivity index (χ1n) is 5.91. The zero-order valence-corrected chi connectivity index (χ0v) is 11.3. The first-order valence-corrected chi connectivity index (χ1v) is 6.29. The maximum absolute atomic E-state index is 13.2. The first-order chi connectivity index (χ1) is 8.51. The van der Waals surface area contributed by atoms with Crippen LogP contribution in [0.2, 0.25) is 5.15 Å². The monoisotopic (exact) mass is 277 g/mol. The van der Waals surface area contributed by atoms with Gasteiger partial charge in [-0.3, -0.25) is 14.3 Å². The smallest absolute Gasteiger partial charge is 0.304 e. The van der Waals surface area contributed by atoms with Crippen LogP contribution in [0, 0.1) is 5.82 Å². The van der Waals surface area contributed by atoms with Crippen LogP contribution in [0.15, 0.2) is 9.59 Å². The third kappa shape index (κ3) is 3.43. The number of nitrogens with zero attached hydrogens (tertiary/aromatic N) is 2. The fraction of sp³-hybridized carbons (Fsp3) is 0.636. The Hall–Kier alpha value is -1.14. The van der Waals surface area contributed by atoms with Crippen LogP contribution in [0.4, 0.5) is 4.39 Å². The van der Waals surface area contributed by atoms with Crippen molar-refractivity contribution >= 4 is 11.6 Å². The second kappa shape index (κ2) is 6.70. The minimum atomic E-state index is -1.11. The van der Waals surface area contributed by atoms with Crippen LogP contribution in [0.5, 0.6) is 0 Å². The van der Waals surface area contributed by atoms with Crippen LogP contribution >= 0.6 is 11.6 Å². The zero-order valence-electron chi connectivity index (χ0n) is 10.5. The fourth-order valence-corrected chi connectivity index (χ4v) is 1.88. The van der Waals surface area contributed by atoms with Crippen LogP contribution in [-0.4, -0.2) is 34.1 Å². The number of hydrogen-bond donors (Lipinski definition) is 1. The Morgan fingerprint density at radius 1 is 1.33 bits per heavy atom. The van der Waals surface area contributed by atoms with Gasteiger partial charge in [0, 0.05) is 6.54 Å². The number of hydrogen-bond acceptors (Lipinski definition) is 3. The molecule has 1 N–H and O–H groups in total. The van der Waals surface area contributed by atoms with Gasteiger partial charge in [-0.15, -0.1) is 0 Å². The minimum Gasteiger partial charge on any atom is -0.304 e. The van der Waals surface area contributed by atoms with E-state index < -0.39 is 22.2 Å². The highest BCUT2D eigenvalue weighted by Gasteiger charge is 2.12. The van der Waals surface area contributed by atoms with Gasteiger partial charge in [0.15, 0.2) is 5.15 Å². The fourth-order valence-electron chi connectivity index (χ4n) is 1.72. The summed E-state index contributed by atoms with van der Waals surface area (Å²) in [6.07, 6.45) is 0.603. The molecule has 1 aromatic rings. The van der Waals surface area contributed by atoms with Crippen LogP contribution < -0.4 is 11.2 Å². The number of nitrogens with one attached hydrogen (secondary N) is 1. The van der Waals surface area contributed by atoms with E-state index in [1.165, 1.54) is 0 Å². The molecule has 0 unspecified atom stereocenters. The summed E-state index contributed by atoms with van der Waals surface area (Å²) < 4.78 is 14.1. The number of aromatic nitrogens is 2. The maximum atomic E-state index is 13.2. The summed E-state index contributed by atoms with van der Waals surface area (Å²) in [5.41, 5.74) is -1.64. The molecule has 0 fully saturated rings. The topological polar surface area (TPSA) is 58.1 Å². The lowest BCUT2D eigenvalue weighted by atomic mass is 10.3. The second-order valence-electron chi connectivity index (χ2n) is 3.90. The van der Waals surface area contributed by atoms with E-state index in [9.17, 15) is 14.0 Å². The van der Waals surface area contributed by atoms with Crippen LogP contribution in [0.1, 0.15) is 20.3 Å². The molecule has 1 heterocycles. The van der Waals surface area contributed by atoms with Gasteiger partial charge in [0.1, 0.15) is 0 Å². The third-order valence-electron chi connectivity index (χ3n) is 2.84. The Morgan fingerprint density at radius 2 is 1.94 bits per heavy atom. The van der Waals surface area contributed by atoms with E-state index in [1.807, 2.05) is 13.8 Å². The van der Waals surface area contributed by atoms with Crippen molar-refractivity contribution < 1.29 is 4.39 Å². The summed E-state index contributed by atoms with van der Waals surface area (Å²) in [6.45, 7) is 6.80. The van der Waals surface area contributed by atoms with Crippen LogP contribution in [0.3, 0.4) is 0 Å². The minimum absolute atomic E-state index is 0.179. The SMILES string of the molecule is CCN(CC)CCCn1c(=O)[nH]c(Cl)c(F)c1=O. The molecule has 18 heavy (non-hydrogen) atoms. The quantitative estimate of drug-likeness (QED) is 0.791. The van der Waals surface area contributed by atoms with Gasteiger partial charge in [-0.05, 0) is 26.1 Å². The Morgan fingerprint density at radius 3 is 2.50 bits per heavy atom. The molecule has 5 nitrogen and oxygen atoms in total. The molecule has 0 aliphatic rings. The molecule has 7 heteroatoms. The van der Waals surface area contributed by atoms with E-state index in [0.29, 0.717) is 6.42 Å². The van der Waals surface area contributed by atoms with Crippen molar-refractivity contribution in [3.63, 3.8) is 0 Å². The molecule has 0 bridgehead atoms. The Bertz CT molecular complexity index is 508. The van der Waals surface area contributed by atoms with Crippen molar-refractivity contribution in [3.05, 3.63) is 31.8 Å². The lowest BCUT2D eigenvalue weighted by Gasteiger charge is -2.17. The van der Waals surface area contributed by atoms with Gasteiger partial charge in [-0.2, -0.15) is 4.39 Å². The number of rotatable bonds is 6. The van der Waals surface area contributed by atoms with Crippen molar-refractivity contribution in [1.29, 1.82) is 0 Å². The van der Waals surface area contributed by atoms with E-state index >= 15 is 0 Å². The summed E-state index contributed by atoms with van der Waals surface area (Å²) >= 11 is 5.37. The van der Waals surface area contributed by atoms with Crippen molar-refractivity contribution in [1.82, 2.24) is 14.5 Å². The molecular formula is C11H17ClFN3O2. The van der Waals surface area contributed by atoms with Gasteiger partial charge >= 0.3 is 5.69 Å². The van der Waals surface area contributed by atoms with Gasteiger partial charge in [0.2, 0.25) is 5.82 Å². The molecule has 102 valence electrons. The highest BCUT2D eigenvalue weighted by atomic mass is 35.5. The number of halogens is 2. The van der Waals surface area contributed by atoms with Crippen molar-refractivity contribution in [3.8, 4) is 0 Å². The van der Waals surface area contributed by atoms with E-state index in [0.717, 1.165) is 24.2 Å². The average Bonchev–Trinajstić information content (AvgIpc) is 2.35. The molecule has 0 atom stereocenters. The van der Waals surface area contributed by atoms with Crippen molar-refractivity contribution in [2.75, 3.05) is 19.6 Å². The summed E-state index contributed by atoms with van der Waals surface area (Å²) in [4.78, 5) is 27.2. The van der Waals surface area contributed by atoms with E-state index in [1.54, 1.807) is 0 Å². The predicted octanol–water partition coefficient (Wildman–Crippen LogP) is 1.06.